The summed E-state index contributed by atoms with van der Waals surface area (Å²) >= 11 is 0. The van der Waals surface area contributed by atoms with E-state index in [1.807, 2.05) is 0 Å². The number of urea groups is 1. The van der Waals surface area contributed by atoms with Crippen molar-refractivity contribution in [3.05, 3.63) is 29.8 Å². The number of hydrogen-bond donors (Lipinski definition) is 3. The largest absolute Gasteiger partial charge is 0.481 e. The highest BCUT2D eigenvalue weighted by molar-refractivity contribution is 7.90. The molecular weight excluding hydrogens is 296 g/mol. The Morgan fingerprint density at radius 1 is 1.29 bits per heavy atom. The number of sulfone groups is 1. The molecule has 1 aromatic rings. The predicted octanol–water partition coefficient (Wildman–Crippen LogP) is 0.870. The first-order valence-electron chi connectivity index (χ1n) is 6.29. The lowest BCUT2D eigenvalue weighted by Gasteiger charge is -2.08. The van der Waals surface area contributed by atoms with E-state index in [1.54, 1.807) is 24.3 Å². The summed E-state index contributed by atoms with van der Waals surface area (Å²) in [5, 5.41) is 13.8. The van der Waals surface area contributed by atoms with Gasteiger partial charge in [-0.15, -0.1) is 0 Å². The van der Waals surface area contributed by atoms with Crippen LogP contribution in [0.3, 0.4) is 0 Å². The van der Waals surface area contributed by atoms with Crippen molar-refractivity contribution >= 4 is 27.5 Å². The minimum absolute atomic E-state index is 0.0153. The molecular formula is C13H18N2O5S. The summed E-state index contributed by atoms with van der Waals surface area (Å²) in [5.41, 5.74) is 1.06. The van der Waals surface area contributed by atoms with Gasteiger partial charge in [-0.3, -0.25) is 4.79 Å². The number of rotatable bonds is 7. The van der Waals surface area contributed by atoms with Crippen molar-refractivity contribution in [1.82, 2.24) is 5.32 Å². The first-order valence-corrected chi connectivity index (χ1v) is 8.35. The summed E-state index contributed by atoms with van der Waals surface area (Å²) in [5.74, 6) is -0.932. The number of hydrogen-bond acceptors (Lipinski definition) is 4. The van der Waals surface area contributed by atoms with E-state index in [0.29, 0.717) is 17.7 Å². The average molecular weight is 314 g/mol. The summed E-state index contributed by atoms with van der Waals surface area (Å²) in [6.45, 7) is 0.244. The normalized spacial score (nSPS) is 10.9. The highest BCUT2D eigenvalue weighted by atomic mass is 32.2. The van der Waals surface area contributed by atoms with Crippen LogP contribution in [-0.2, 0) is 21.1 Å². The Morgan fingerprint density at radius 2 is 2.00 bits per heavy atom. The van der Waals surface area contributed by atoms with Gasteiger partial charge in [0.15, 0.2) is 0 Å². The van der Waals surface area contributed by atoms with Crippen LogP contribution in [0, 0.1) is 0 Å². The number of benzene rings is 1. The quantitative estimate of drug-likeness (QED) is 0.646. The van der Waals surface area contributed by atoms with Gasteiger partial charge >= 0.3 is 12.0 Å². The number of nitrogens with one attached hydrogen (secondary N) is 2. The van der Waals surface area contributed by atoms with E-state index in [0.717, 1.165) is 6.26 Å². The molecule has 7 nitrogen and oxygen atoms in total. The third kappa shape index (κ3) is 7.93. The SMILES string of the molecule is CS(=O)(=O)CCCNC(=O)Nc1cccc(CC(=O)O)c1. The molecule has 116 valence electrons. The Morgan fingerprint density at radius 3 is 2.62 bits per heavy atom. The van der Waals surface area contributed by atoms with Gasteiger partial charge in [-0.05, 0) is 24.1 Å². The second kappa shape index (κ2) is 7.63. The van der Waals surface area contributed by atoms with Gasteiger partial charge in [0.1, 0.15) is 9.84 Å². The standard InChI is InChI=1S/C13H18N2O5S/c1-21(19,20)7-3-6-14-13(18)15-11-5-2-4-10(8-11)9-12(16)17/h2,4-5,8H,3,6-7,9H2,1H3,(H,16,17)(H2,14,15,18). The van der Waals surface area contributed by atoms with Gasteiger partial charge in [-0.1, -0.05) is 12.1 Å². The fourth-order valence-electron chi connectivity index (χ4n) is 1.65. The van der Waals surface area contributed by atoms with Crippen LogP contribution in [0.5, 0.6) is 0 Å². The van der Waals surface area contributed by atoms with Crippen molar-refractivity contribution in [2.24, 2.45) is 0 Å². The van der Waals surface area contributed by atoms with E-state index in [2.05, 4.69) is 10.6 Å². The minimum Gasteiger partial charge on any atom is -0.481 e. The number of aliphatic carboxylic acids is 1. The molecule has 0 radical (unpaired) electrons. The van der Waals surface area contributed by atoms with Gasteiger partial charge in [-0.2, -0.15) is 0 Å². The fraction of sp³-hybridized carbons (Fsp3) is 0.385. The van der Waals surface area contributed by atoms with Gasteiger partial charge in [-0.25, -0.2) is 13.2 Å². The van der Waals surface area contributed by atoms with E-state index >= 15 is 0 Å². The number of carboxylic acid groups (broad SMARTS) is 1. The van der Waals surface area contributed by atoms with Crippen LogP contribution >= 0.6 is 0 Å². The van der Waals surface area contributed by atoms with E-state index < -0.39 is 21.8 Å². The topological polar surface area (TPSA) is 113 Å². The molecule has 0 unspecified atom stereocenters. The molecule has 0 aliphatic heterocycles. The molecule has 1 aromatic carbocycles. The third-order valence-corrected chi connectivity index (χ3v) is 3.55. The van der Waals surface area contributed by atoms with Crippen LogP contribution in [0.4, 0.5) is 10.5 Å². The number of carbonyl (C=O) groups excluding carboxylic acids is 1. The van der Waals surface area contributed by atoms with Gasteiger partial charge in [0.25, 0.3) is 0 Å². The molecule has 2 amide bonds. The van der Waals surface area contributed by atoms with Crippen LogP contribution in [-0.4, -0.2) is 44.1 Å². The Hall–Kier alpha value is -2.09. The summed E-state index contributed by atoms with van der Waals surface area (Å²) in [6, 6.07) is 6.06. The smallest absolute Gasteiger partial charge is 0.319 e. The van der Waals surface area contributed by atoms with Crippen LogP contribution < -0.4 is 10.6 Å². The van der Waals surface area contributed by atoms with Crippen molar-refractivity contribution in [3.63, 3.8) is 0 Å². The van der Waals surface area contributed by atoms with Crippen molar-refractivity contribution in [3.8, 4) is 0 Å². The van der Waals surface area contributed by atoms with Crippen LogP contribution in [0.2, 0.25) is 0 Å². The molecule has 0 aromatic heterocycles. The summed E-state index contributed by atoms with van der Waals surface area (Å²) < 4.78 is 21.8. The highest BCUT2D eigenvalue weighted by Crippen LogP contribution is 2.11. The molecule has 0 atom stereocenters. The Balaban J connectivity index is 2.42. The first-order chi connectivity index (χ1) is 9.76. The Labute approximate surface area is 123 Å². The van der Waals surface area contributed by atoms with Crippen molar-refractivity contribution in [2.45, 2.75) is 12.8 Å². The molecule has 0 aliphatic carbocycles. The third-order valence-electron chi connectivity index (χ3n) is 2.52. The summed E-state index contributed by atoms with van der Waals surface area (Å²) in [4.78, 5) is 22.2. The monoisotopic (exact) mass is 314 g/mol. The van der Waals surface area contributed by atoms with Gasteiger partial charge in [0.05, 0.1) is 12.2 Å². The lowest BCUT2D eigenvalue weighted by molar-refractivity contribution is -0.136. The molecule has 0 heterocycles. The lowest BCUT2D eigenvalue weighted by Crippen LogP contribution is -2.30. The molecule has 0 fully saturated rings. The van der Waals surface area contributed by atoms with E-state index in [9.17, 15) is 18.0 Å². The number of carboxylic acids is 1. The maximum Gasteiger partial charge on any atom is 0.319 e. The Kier molecular flexibility index (Phi) is 6.16. The van der Waals surface area contributed by atoms with Crippen LogP contribution in [0.25, 0.3) is 0 Å². The molecule has 0 bridgehead atoms. The predicted molar refractivity (Wildman–Crippen MR) is 79.1 cm³/mol. The molecule has 3 N–H and O–H groups in total. The second-order valence-corrected chi connectivity index (χ2v) is 6.89. The zero-order chi connectivity index (χ0) is 15.9. The molecule has 1 rings (SSSR count). The first kappa shape index (κ1) is 17.0. The lowest BCUT2D eigenvalue weighted by atomic mass is 10.1. The maximum atomic E-state index is 11.6. The van der Waals surface area contributed by atoms with Crippen LogP contribution in [0.1, 0.15) is 12.0 Å². The van der Waals surface area contributed by atoms with E-state index in [4.69, 9.17) is 5.11 Å². The molecule has 8 heteroatoms. The van der Waals surface area contributed by atoms with Crippen molar-refractivity contribution < 1.29 is 23.1 Å². The van der Waals surface area contributed by atoms with Crippen molar-refractivity contribution in [2.75, 3.05) is 23.9 Å². The zero-order valence-corrected chi connectivity index (χ0v) is 12.4. The van der Waals surface area contributed by atoms with Gasteiger partial charge in [0, 0.05) is 18.5 Å². The average Bonchev–Trinajstić information content (AvgIpc) is 2.33. The summed E-state index contributed by atoms with van der Waals surface area (Å²) in [7, 11) is -3.03. The molecule has 21 heavy (non-hydrogen) atoms. The highest BCUT2D eigenvalue weighted by Gasteiger charge is 2.05. The maximum absolute atomic E-state index is 11.6. The van der Waals surface area contributed by atoms with Gasteiger partial charge in [0.2, 0.25) is 0 Å². The van der Waals surface area contributed by atoms with E-state index in [1.165, 1.54) is 0 Å². The van der Waals surface area contributed by atoms with Crippen LogP contribution in [0.15, 0.2) is 24.3 Å². The Bertz CT molecular complexity index is 613. The fourth-order valence-corrected chi connectivity index (χ4v) is 2.31. The molecule has 0 spiro atoms. The minimum atomic E-state index is -3.03. The number of amides is 2. The zero-order valence-electron chi connectivity index (χ0n) is 11.6. The summed E-state index contributed by atoms with van der Waals surface area (Å²) in [6.07, 6.45) is 1.36. The number of anilines is 1. The van der Waals surface area contributed by atoms with E-state index in [-0.39, 0.29) is 18.7 Å². The molecule has 0 saturated carbocycles. The van der Waals surface area contributed by atoms with Crippen molar-refractivity contribution in [1.29, 1.82) is 0 Å². The molecule has 0 saturated heterocycles. The molecule has 0 aliphatic rings. The van der Waals surface area contributed by atoms with Gasteiger partial charge < -0.3 is 15.7 Å². The number of carbonyl (C=O) groups is 2. The second-order valence-electron chi connectivity index (χ2n) is 4.64.